The minimum Gasteiger partial charge on any atom is -0.391 e. The molecule has 0 amide bonds. The number of nitrogens with two attached hydrogens (primary N) is 1. The molecule has 1 aromatic rings. The molecule has 0 radical (unpaired) electrons. The summed E-state index contributed by atoms with van der Waals surface area (Å²) >= 11 is 0. The number of aliphatic hydroxyl groups excluding tert-OH is 1. The molecule has 0 fully saturated rings. The summed E-state index contributed by atoms with van der Waals surface area (Å²) in [4.78, 5) is 0.264. The lowest BCUT2D eigenvalue weighted by Crippen LogP contribution is -2.26. The Kier molecular flexibility index (Phi) is 7.73. The third-order valence-corrected chi connectivity index (χ3v) is 4.28. The van der Waals surface area contributed by atoms with Gasteiger partial charge in [0.1, 0.15) is 0 Å². The molecule has 2 atom stereocenters. The molecule has 0 aromatic heterocycles. The fourth-order valence-electron chi connectivity index (χ4n) is 1.84. The van der Waals surface area contributed by atoms with Crippen LogP contribution in [0.3, 0.4) is 0 Å². The van der Waals surface area contributed by atoms with Gasteiger partial charge in [0.15, 0.2) is 9.84 Å². The van der Waals surface area contributed by atoms with Crippen molar-refractivity contribution in [1.82, 2.24) is 0 Å². The predicted molar refractivity (Wildman–Crippen MR) is 83.8 cm³/mol. The van der Waals surface area contributed by atoms with E-state index in [1.165, 1.54) is 18.4 Å². The second-order valence-corrected chi connectivity index (χ2v) is 7.42. The van der Waals surface area contributed by atoms with Crippen molar-refractivity contribution in [2.75, 3.05) is 6.26 Å². The van der Waals surface area contributed by atoms with Gasteiger partial charge in [-0.25, -0.2) is 8.42 Å². The SMILES string of the molecule is CC(C)CC[C@@H](O)[C@@H](N)c1ccc(S(C)(=O)=O)cc1.Cl. The van der Waals surface area contributed by atoms with Gasteiger partial charge in [-0.1, -0.05) is 26.0 Å². The van der Waals surface area contributed by atoms with E-state index >= 15 is 0 Å². The fraction of sp³-hybridized carbons (Fsp3) is 0.571. The molecule has 0 aliphatic heterocycles. The summed E-state index contributed by atoms with van der Waals surface area (Å²) in [6, 6.07) is 5.91. The first-order valence-electron chi connectivity index (χ1n) is 6.45. The van der Waals surface area contributed by atoms with E-state index < -0.39 is 22.0 Å². The van der Waals surface area contributed by atoms with Crippen LogP contribution in [0.2, 0.25) is 0 Å². The average Bonchev–Trinajstić information content (AvgIpc) is 2.34. The minimum absolute atomic E-state index is 0. The summed E-state index contributed by atoms with van der Waals surface area (Å²) < 4.78 is 22.7. The molecule has 0 aliphatic carbocycles. The van der Waals surface area contributed by atoms with Crippen LogP contribution in [-0.4, -0.2) is 25.9 Å². The van der Waals surface area contributed by atoms with Gasteiger partial charge in [-0.05, 0) is 36.5 Å². The van der Waals surface area contributed by atoms with Crippen molar-refractivity contribution >= 4 is 22.2 Å². The number of hydrogen-bond acceptors (Lipinski definition) is 4. The zero-order valence-electron chi connectivity index (χ0n) is 12.1. The Bertz CT molecular complexity index is 500. The molecule has 3 N–H and O–H groups in total. The van der Waals surface area contributed by atoms with Crippen molar-refractivity contribution in [3.8, 4) is 0 Å². The monoisotopic (exact) mass is 321 g/mol. The summed E-state index contributed by atoms with van der Waals surface area (Å²) in [5, 5.41) is 10.0. The van der Waals surface area contributed by atoms with Crippen molar-refractivity contribution in [2.45, 2.75) is 43.7 Å². The maximum Gasteiger partial charge on any atom is 0.175 e. The first-order chi connectivity index (χ1) is 8.71. The molecule has 4 nitrogen and oxygen atoms in total. The van der Waals surface area contributed by atoms with Crippen LogP contribution in [0, 0.1) is 5.92 Å². The van der Waals surface area contributed by atoms with Crippen LogP contribution in [0.4, 0.5) is 0 Å². The second-order valence-electron chi connectivity index (χ2n) is 5.41. The highest BCUT2D eigenvalue weighted by Gasteiger charge is 2.17. The lowest BCUT2D eigenvalue weighted by atomic mass is 9.96. The normalized spacial score (nSPS) is 14.7. The Morgan fingerprint density at radius 3 is 2.05 bits per heavy atom. The van der Waals surface area contributed by atoms with Gasteiger partial charge in [0.25, 0.3) is 0 Å². The van der Waals surface area contributed by atoms with Gasteiger partial charge < -0.3 is 10.8 Å². The summed E-state index contributed by atoms with van der Waals surface area (Å²) in [6.45, 7) is 4.19. The predicted octanol–water partition coefficient (Wildman–Crippen LogP) is 2.31. The number of hydrogen-bond donors (Lipinski definition) is 2. The van der Waals surface area contributed by atoms with Crippen LogP contribution >= 0.6 is 12.4 Å². The van der Waals surface area contributed by atoms with Crippen molar-refractivity contribution in [3.63, 3.8) is 0 Å². The van der Waals surface area contributed by atoms with Crippen LogP contribution < -0.4 is 5.73 Å². The molecule has 1 aromatic carbocycles. The van der Waals surface area contributed by atoms with Crippen molar-refractivity contribution in [1.29, 1.82) is 0 Å². The Balaban J connectivity index is 0.00000361. The highest BCUT2D eigenvalue weighted by Crippen LogP contribution is 2.21. The van der Waals surface area contributed by atoms with Gasteiger partial charge >= 0.3 is 0 Å². The molecule has 0 unspecified atom stereocenters. The Labute approximate surface area is 127 Å². The van der Waals surface area contributed by atoms with Gasteiger partial charge in [0.2, 0.25) is 0 Å². The zero-order valence-corrected chi connectivity index (χ0v) is 13.7. The van der Waals surface area contributed by atoms with E-state index in [-0.39, 0.29) is 17.3 Å². The van der Waals surface area contributed by atoms with E-state index in [9.17, 15) is 13.5 Å². The molecule has 1 rings (SSSR count). The van der Waals surface area contributed by atoms with Crippen molar-refractivity contribution < 1.29 is 13.5 Å². The average molecular weight is 322 g/mol. The largest absolute Gasteiger partial charge is 0.391 e. The smallest absolute Gasteiger partial charge is 0.175 e. The molecule has 0 heterocycles. The quantitative estimate of drug-likeness (QED) is 0.842. The van der Waals surface area contributed by atoms with Gasteiger partial charge in [-0.3, -0.25) is 0 Å². The first kappa shape index (κ1) is 19.4. The number of aliphatic hydroxyl groups is 1. The van der Waals surface area contributed by atoms with E-state index in [0.29, 0.717) is 12.3 Å². The molecule has 0 spiro atoms. The van der Waals surface area contributed by atoms with Gasteiger partial charge in [0.05, 0.1) is 17.0 Å². The number of sulfone groups is 1. The summed E-state index contributed by atoms with van der Waals surface area (Å²) in [5.74, 6) is 0.523. The van der Waals surface area contributed by atoms with Gasteiger partial charge in [-0.2, -0.15) is 0 Å². The molecule has 0 bridgehead atoms. The van der Waals surface area contributed by atoms with Crippen LogP contribution in [-0.2, 0) is 9.84 Å². The summed E-state index contributed by atoms with van der Waals surface area (Å²) in [7, 11) is -3.19. The second kappa shape index (κ2) is 7.98. The Morgan fingerprint density at radius 2 is 1.65 bits per heavy atom. The topological polar surface area (TPSA) is 80.4 Å². The lowest BCUT2D eigenvalue weighted by Gasteiger charge is -2.20. The Morgan fingerprint density at radius 1 is 1.15 bits per heavy atom. The maximum atomic E-state index is 11.3. The van der Waals surface area contributed by atoms with Crippen molar-refractivity contribution in [3.05, 3.63) is 29.8 Å². The van der Waals surface area contributed by atoms with Crippen molar-refractivity contribution in [2.24, 2.45) is 11.7 Å². The molecule has 0 saturated carbocycles. The summed E-state index contributed by atoms with van der Waals surface area (Å²) in [6.07, 6.45) is 2.12. The first-order valence-corrected chi connectivity index (χ1v) is 8.34. The van der Waals surface area contributed by atoms with Gasteiger partial charge in [-0.15, -0.1) is 12.4 Å². The zero-order chi connectivity index (χ0) is 14.6. The molecule has 116 valence electrons. The van der Waals surface area contributed by atoms with Crippen LogP contribution in [0.25, 0.3) is 0 Å². The van der Waals surface area contributed by atoms with Crippen LogP contribution in [0.5, 0.6) is 0 Å². The van der Waals surface area contributed by atoms with Crippen LogP contribution in [0.15, 0.2) is 29.2 Å². The van der Waals surface area contributed by atoms with E-state index in [1.54, 1.807) is 12.1 Å². The number of benzene rings is 1. The number of halogens is 1. The third kappa shape index (κ3) is 5.79. The lowest BCUT2D eigenvalue weighted by molar-refractivity contribution is 0.128. The Hall–Kier alpha value is -0.620. The fourth-order valence-corrected chi connectivity index (χ4v) is 2.47. The molecule has 6 heteroatoms. The summed E-state index contributed by atoms with van der Waals surface area (Å²) in [5.41, 5.74) is 6.74. The van der Waals surface area contributed by atoms with E-state index in [0.717, 1.165) is 12.0 Å². The highest BCUT2D eigenvalue weighted by atomic mass is 35.5. The molecular formula is C14H24ClNO3S. The molecule has 0 aliphatic rings. The molecular weight excluding hydrogens is 298 g/mol. The number of rotatable bonds is 6. The highest BCUT2D eigenvalue weighted by molar-refractivity contribution is 7.90. The van der Waals surface area contributed by atoms with E-state index in [1.807, 2.05) is 0 Å². The third-order valence-electron chi connectivity index (χ3n) is 3.15. The van der Waals surface area contributed by atoms with Crippen LogP contribution in [0.1, 0.15) is 38.3 Å². The standard InChI is InChI=1S/C14H23NO3S.ClH/c1-10(2)4-9-13(16)14(15)11-5-7-12(8-6-11)19(3,17)18;/h5-8,10,13-14,16H,4,9,15H2,1-3H3;1H/t13-,14+;/m1./s1. The van der Waals surface area contributed by atoms with E-state index in [4.69, 9.17) is 5.73 Å². The van der Waals surface area contributed by atoms with E-state index in [2.05, 4.69) is 13.8 Å². The molecule has 20 heavy (non-hydrogen) atoms. The maximum absolute atomic E-state index is 11.3. The minimum atomic E-state index is -3.19. The molecule has 0 saturated heterocycles. The van der Waals surface area contributed by atoms with Gasteiger partial charge in [0, 0.05) is 6.26 Å².